The quantitative estimate of drug-likeness (QED) is 0.835. The maximum Gasteiger partial charge on any atom is 0.347 e. The molecule has 0 saturated carbocycles. The first-order valence-corrected chi connectivity index (χ1v) is 5.99. The topological polar surface area (TPSA) is 71.5 Å². The van der Waals surface area contributed by atoms with Crippen molar-refractivity contribution in [1.82, 2.24) is 10.3 Å². The fourth-order valence-corrected chi connectivity index (χ4v) is 2.83. The molecule has 1 saturated heterocycles. The van der Waals surface area contributed by atoms with E-state index in [2.05, 4.69) is 10.3 Å². The van der Waals surface area contributed by atoms with Crippen molar-refractivity contribution in [2.75, 3.05) is 13.7 Å². The van der Waals surface area contributed by atoms with Crippen molar-refractivity contribution in [3.63, 3.8) is 0 Å². The molecule has 2 N–H and O–H groups in total. The van der Waals surface area contributed by atoms with Crippen molar-refractivity contribution >= 4 is 17.3 Å². The van der Waals surface area contributed by atoms with Gasteiger partial charge >= 0.3 is 5.97 Å². The van der Waals surface area contributed by atoms with E-state index in [0.717, 1.165) is 24.4 Å². The molecule has 1 aromatic rings. The Balaban J connectivity index is 2.26. The van der Waals surface area contributed by atoms with Gasteiger partial charge in [0, 0.05) is 7.11 Å². The first-order chi connectivity index (χ1) is 7.72. The number of hydrogen-bond acceptors (Lipinski definition) is 5. The van der Waals surface area contributed by atoms with E-state index >= 15 is 0 Å². The molecular weight excluding hydrogens is 228 g/mol. The van der Waals surface area contributed by atoms with E-state index in [1.54, 1.807) is 7.11 Å². The summed E-state index contributed by atoms with van der Waals surface area (Å²) in [6.45, 7) is 1.23. The highest BCUT2D eigenvalue weighted by Crippen LogP contribution is 2.29. The molecule has 16 heavy (non-hydrogen) atoms. The SMILES string of the molecule is COCc1nc(C2CCCN2)sc1C(=O)O. The molecule has 5 nitrogen and oxygen atoms in total. The molecule has 0 spiro atoms. The molecular formula is C10H14N2O3S. The highest BCUT2D eigenvalue weighted by Gasteiger charge is 2.24. The molecule has 88 valence electrons. The average molecular weight is 242 g/mol. The second-order valence-corrected chi connectivity index (χ2v) is 4.75. The molecule has 0 bridgehead atoms. The number of aromatic carboxylic acids is 1. The van der Waals surface area contributed by atoms with E-state index in [9.17, 15) is 4.79 Å². The van der Waals surface area contributed by atoms with E-state index in [0.29, 0.717) is 10.6 Å². The van der Waals surface area contributed by atoms with Gasteiger partial charge in [-0.15, -0.1) is 11.3 Å². The lowest BCUT2D eigenvalue weighted by molar-refractivity contribution is 0.0697. The number of methoxy groups -OCH3 is 1. The molecule has 0 aromatic carbocycles. The zero-order valence-corrected chi connectivity index (χ0v) is 9.84. The molecule has 2 heterocycles. The number of carbonyl (C=O) groups is 1. The van der Waals surface area contributed by atoms with Gasteiger partial charge in [-0.3, -0.25) is 0 Å². The van der Waals surface area contributed by atoms with Crippen LogP contribution >= 0.6 is 11.3 Å². The first kappa shape index (κ1) is 11.5. The average Bonchev–Trinajstić information content (AvgIpc) is 2.83. The van der Waals surface area contributed by atoms with Crippen LogP contribution < -0.4 is 5.32 Å². The van der Waals surface area contributed by atoms with Gasteiger partial charge < -0.3 is 15.2 Å². The Kier molecular flexibility index (Phi) is 3.52. The molecule has 1 unspecified atom stereocenters. The molecule has 0 amide bonds. The van der Waals surface area contributed by atoms with Crippen molar-refractivity contribution < 1.29 is 14.6 Å². The number of carboxylic acid groups (broad SMARTS) is 1. The minimum atomic E-state index is -0.922. The Labute approximate surface area is 97.5 Å². The smallest absolute Gasteiger partial charge is 0.347 e. The monoisotopic (exact) mass is 242 g/mol. The minimum absolute atomic E-state index is 0.216. The Morgan fingerprint density at radius 3 is 3.12 bits per heavy atom. The third-order valence-corrected chi connectivity index (χ3v) is 3.75. The number of aromatic nitrogens is 1. The molecule has 6 heteroatoms. The van der Waals surface area contributed by atoms with Crippen LogP contribution in [0.5, 0.6) is 0 Å². The van der Waals surface area contributed by atoms with Crippen LogP contribution in [0.2, 0.25) is 0 Å². The van der Waals surface area contributed by atoms with E-state index in [4.69, 9.17) is 9.84 Å². The van der Waals surface area contributed by atoms with Gasteiger partial charge in [0.2, 0.25) is 0 Å². The van der Waals surface area contributed by atoms with E-state index < -0.39 is 5.97 Å². The van der Waals surface area contributed by atoms with Gasteiger partial charge in [-0.25, -0.2) is 9.78 Å². The number of nitrogens with zero attached hydrogens (tertiary/aromatic N) is 1. The second-order valence-electron chi connectivity index (χ2n) is 3.72. The summed E-state index contributed by atoms with van der Waals surface area (Å²) < 4.78 is 4.96. The van der Waals surface area contributed by atoms with Crippen LogP contribution in [0.1, 0.15) is 39.3 Å². The van der Waals surface area contributed by atoms with Crippen LogP contribution in [0.15, 0.2) is 0 Å². The maximum absolute atomic E-state index is 11.0. The van der Waals surface area contributed by atoms with Crippen LogP contribution in [0, 0.1) is 0 Å². The Morgan fingerprint density at radius 2 is 2.56 bits per heavy atom. The number of hydrogen-bond donors (Lipinski definition) is 2. The Morgan fingerprint density at radius 1 is 1.75 bits per heavy atom. The highest BCUT2D eigenvalue weighted by atomic mass is 32.1. The first-order valence-electron chi connectivity index (χ1n) is 5.17. The Bertz CT molecular complexity index is 385. The van der Waals surface area contributed by atoms with Gasteiger partial charge in [-0.2, -0.15) is 0 Å². The molecule has 1 aliphatic heterocycles. The van der Waals surface area contributed by atoms with E-state index in [1.165, 1.54) is 11.3 Å². The van der Waals surface area contributed by atoms with Crippen LogP contribution in [0.3, 0.4) is 0 Å². The third-order valence-electron chi connectivity index (χ3n) is 2.55. The Hall–Kier alpha value is -0.980. The van der Waals surface area contributed by atoms with Crippen LogP contribution in [-0.4, -0.2) is 29.7 Å². The fourth-order valence-electron chi connectivity index (χ4n) is 1.82. The summed E-state index contributed by atoms with van der Waals surface area (Å²) >= 11 is 1.25. The summed E-state index contributed by atoms with van der Waals surface area (Å²) in [7, 11) is 1.54. The van der Waals surface area contributed by atoms with Crippen LogP contribution in [0.4, 0.5) is 0 Å². The molecule has 1 atom stereocenters. The lowest BCUT2D eigenvalue weighted by Gasteiger charge is -2.04. The van der Waals surface area contributed by atoms with Crippen LogP contribution in [-0.2, 0) is 11.3 Å². The van der Waals surface area contributed by atoms with E-state index in [1.807, 2.05) is 0 Å². The van der Waals surface area contributed by atoms with Gasteiger partial charge in [-0.05, 0) is 19.4 Å². The number of ether oxygens (including phenoxy) is 1. The summed E-state index contributed by atoms with van der Waals surface area (Å²) in [5, 5.41) is 13.2. The molecule has 2 rings (SSSR count). The third kappa shape index (κ3) is 2.23. The second kappa shape index (κ2) is 4.90. The standard InChI is InChI=1S/C10H14N2O3S/c1-15-5-7-8(10(13)14)16-9(12-7)6-3-2-4-11-6/h6,11H,2-5H2,1H3,(H,13,14). The van der Waals surface area contributed by atoms with Gasteiger partial charge in [0.25, 0.3) is 0 Å². The van der Waals surface area contributed by atoms with Crippen molar-refractivity contribution in [3.8, 4) is 0 Å². The largest absolute Gasteiger partial charge is 0.477 e. The fraction of sp³-hybridized carbons (Fsp3) is 0.600. The molecule has 0 radical (unpaired) electrons. The summed E-state index contributed by atoms with van der Waals surface area (Å²) in [4.78, 5) is 15.7. The zero-order chi connectivity index (χ0) is 11.5. The minimum Gasteiger partial charge on any atom is -0.477 e. The van der Waals surface area contributed by atoms with Gasteiger partial charge in [0.1, 0.15) is 9.88 Å². The predicted octanol–water partition coefficient (Wildman–Crippen LogP) is 1.41. The maximum atomic E-state index is 11.0. The number of carboxylic acids is 1. The van der Waals surface area contributed by atoms with Crippen molar-refractivity contribution in [2.24, 2.45) is 0 Å². The zero-order valence-electron chi connectivity index (χ0n) is 9.02. The van der Waals surface area contributed by atoms with Gasteiger partial charge in [0.15, 0.2) is 0 Å². The number of thiazole rings is 1. The van der Waals surface area contributed by atoms with Crippen LogP contribution in [0.25, 0.3) is 0 Å². The highest BCUT2D eigenvalue weighted by molar-refractivity contribution is 7.13. The van der Waals surface area contributed by atoms with E-state index in [-0.39, 0.29) is 12.6 Å². The van der Waals surface area contributed by atoms with Crippen molar-refractivity contribution in [2.45, 2.75) is 25.5 Å². The summed E-state index contributed by atoms with van der Waals surface area (Å²) in [6, 6.07) is 0.216. The van der Waals surface area contributed by atoms with Gasteiger partial charge in [0.05, 0.1) is 18.3 Å². The summed E-state index contributed by atoms with van der Waals surface area (Å²) in [5.41, 5.74) is 0.531. The number of nitrogens with one attached hydrogen (secondary N) is 1. The van der Waals surface area contributed by atoms with Gasteiger partial charge in [-0.1, -0.05) is 0 Å². The normalized spacial score (nSPS) is 20.2. The predicted molar refractivity (Wildman–Crippen MR) is 59.8 cm³/mol. The van der Waals surface area contributed by atoms with Crippen molar-refractivity contribution in [3.05, 3.63) is 15.6 Å². The lowest BCUT2D eigenvalue weighted by Crippen LogP contribution is -2.12. The summed E-state index contributed by atoms with van der Waals surface area (Å²) in [5.74, 6) is -0.922. The summed E-state index contributed by atoms with van der Waals surface area (Å²) in [6.07, 6.45) is 2.14. The number of rotatable bonds is 4. The molecule has 1 aliphatic rings. The molecule has 1 fully saturated rings. The van der Waals surface area contributed by atoms with Crippen molar-refractivity contribution in [1.29, 1.82) is 0 Å². The molecule has 1 aromatic heterocycles. The molecule has 0 aliphatic carbocycles. The lowest BCUT2D eigenvalue weighted by atomic mass is 10.2.